The fourth-order valence-electron chi connectivity index (χ4n) is 2.73. The summed E-state index contributed by atoms with van der Waals surface area (Å²) in [6, 6.07) is 10.7. The Bertz CT molecular complexity index is 799. The molecule has 0 saturated carbocycles. The van der Waals surface area contributed by atoms with Gasteiger partial charge in [-0.15, -0.1) is 0 Å². The van der Waals surface area contributed by atoms with E-state index < -0.39 is 5.97 Å². The highest BCUT2D eigenvalue weighted by Crippen LogP contribution is 2.33. The highest BCUT2D eigenvalue weighted by molar-refractivity contribution is 6.02. The first-order valence-corrected chi connectivity index (χ1v) is 7.43. The molecule has 5 heteroatoms. The highest BCUT2D eigenvalue weighted by atomic mass is 16.4. The first-order valence-electron chi connectivity index (χ1n) is 7.43. The number of nitrogens with one attached hydrogen (secondary N) is 1. The number of aromatic carboxylic acids is 1. The summed E-state index contributed by atoms with van der Waals surface area (Å²) in [6.45, 7) is 4.65. The van der Waals surface area contributed by atoms with E-state index in [9.17, 15) is 9.59 Å². The lowest BCUT2D eigenvalue weighted by Crippen LogP contribution is -2.39. The lowest BCUT2D eigenvalue weighted by Gasteiger charge is -2.31. The molecule has 0 fully saturated rings. The van der Waals surface area contributed by atoms with E-state index >= 15 is 0 Å². The maximum Gasteiger partial charge on any atom is 0.335 e. The molecular formula is C18H18N2O3. The van der Waals surface area contributed by atoms with Crippen LogP contribution in [0.4, 0.5) is 11.4 Å². The molecule has 23 heavy (non-hydrogen) atoms. The molecule has 1 aliphatic heterocycles. The second kappa shape index (κ2) is 5.76. The summed E-state index contributed by atoms with van der Waals surface area (Å²) in [7, 11) is 0. The van der Waals surface area contributed by atoms with Gasteiger partial charge >= 0.3 is 5.97 Å². The van der Waals surface area contributed by atoms with Crippen molar-refractivity contribution in [2.24, 2.45) is 0 Å². The first kappa shape index (κ1) is 15.1. The molecule has 1 aliphatic rings. The van der Waals surface area contributed by atoms with E-state index in [4.69, 9.17) is 5.11 Å². The zero-order chi connectivity index (χ0) is 16.6. The molecule has 2 aromatic rings. The van der Waals surface area contributed by atoms with Gasteiger partial charge in [-0.05, 0) is 54.8 Å². The van der Waals surface area contributed by atoms with Crippen LogP contribution in [0.2, 0.25) is 0 Å². The maximum absolute atomic E-state index is 12.3. The average Bonchev–Trinajstić information content (AvgIpc) is 2.52. The minimum Gasteiger partial charge on any atom is -0.478 e. The summed E-state index contributed by atoms with van der Waals surface area (Å²) in [4.78, 5) is 25.1. The minimum atomic E-state index is -0.967. The molecule has 2 N–H and O–H groups in total. The lowest BCUT2D eigenvalue weighted by molar-refractivity contribution is -0.117. The molecule has 0 spiro atoms. The molecule has 5 nitrogen and oxygen atoms in total. The third kappa shape index (κ3) is 2.90. The number of carbonyl (C=O) groups excluding carboxylic acids is 1. The van der Waals surface area contributed by atoms with E-state index in [2.05, 4.69) is 5.32 Å². The molecule has 0 aliphatic carbocycles. The van der Waals surface area contributed by atoms with Gasteiger partial charge in [0.1, 0.15) is 0 Å². The Balaban J connectivity index is 1.97. The monoisotopic (exact) mass is 310 g/mol. The molecule has 0 atom stereocenters. The standard InChI is InChI=1S/C18H18N2O3/c1-11-6-15-16(7-12(11)2)20(17(21)9-19-15)10-13-4-3-5-14(8-13)18(22)23/h3-8,19H,9-10H2,1-2H3,(H,22,23). The number of rotatable bonds is 3. The van der Waals surface area contributed by atoms with E-state index in [0.29, 0.717) is 6.54 Å². The van der Waals surface area contributed by atoms with Crippen LogP contribution in [0, 0.1) is 13.8 Å². The highest BCUT2D eigenvalue weighted by Gasteiger charge is 2.24. The van der Waals surface area contributed by atoms with E-state index in [1.165, 1.54) is 5.56 Å². The first-order chi connectivity index (χ1) is 11.0. The normalized spacial score (nSPS) is 13.5. The van der Waals surface area contributed by atoms with Gasteiger partial charge in [0.25, 0.3) is 0 Å². The summed E-state index contributed by atoms with van der Waals surface area (Å²) in [6.07, 6.45) is 0. The molecule has 1 heterocycles. The zero-order valence-corrected chi connectivity index (χ0v) is 13.1. The Kier molecular flexibility index (Phi) is 3.78. The zero-order valence-electron chi connectivity index (χ0n) is 13.1. The van der Waals surface area contributed by atoms with Crippen LogP contribution in [-0.2, 0) is 11.3 Å². The van der Waals surface area contributed by atoms with Gasteiger partial charge in [0, 0.05) is 0 Å². The summed E-state index contributed by atoms with van der Waals surface area (Å²) < 4.78 is 0. The predicted molar refractivity (Wildman–Crippen MR) is 89.0 cm³/mol. The fourth-order valence-corrected chi connectivity index (χ4v) is 2.73. The van der Waals surface area contributed by atoms with Crippen LogP contribution in [0.5, 0.6) is 0 Å². The summed E-state index contributed by atoms with van der Waals surface area (Å²) in [5, 5.41) is 12.2. The molecule has 0 bridgehead atoms. The number of carboxylic acid groups (broad SMARTS) is 1. The van der Waals surface area contributed by atoms with Crippen molar-refractivity contribution in [1.29, 1.82) is 0 Å². The third-order valence-electron chi connectivity index (χ3n) is 4.15. The van der Waals surface area contributed by atoms with Crippen LogP contribution < -0.4 is 10.2 Å². The summed E-state index contributed by atoms with van der Waals surface area (Å²) >= 11 is 0. The van der Waals surface area contributed by atoms with Gasteiger partial charge < -0.3 is 15.3 Å². The second-order valence-electron chi connectivity index (χ2n) is 5.79. The Morgan fingerprint density at radius 3 is 2.70 bits per heavy atom. The number of amides is 1. The number of hydrogen-bond acceptors (Lipinski definition) is 3. The summed E-state index contributed by atoms with van der Waals surface area (Å²) in [5.41, 5.74) is 5.07. The van der Waals surface area contributed by atoms with Gasteiger partial charge in [-0.3, -0.25) is 4.79 Å². The number of aryl methyl sites for hydroxylation is 2. The number of fused-ring (bicyclic) bond motifs is 1. The van der Waals surface area contributed by atoms with Crippen molar-refractivity contribution >= 4 is 23.3 Å². The lowest BCUT2D eigenvalue weighted by atomic mass is 10.0. The number of carbonyl (C=O) groups is 2. The second-order valence-corrected chi connectivity index (χ2v) is 5.79. The number of hydrogen-bond donors (Lipinski definition) is 2. The Morgan fingerprint density at radius 2 is 1.96 bits per heavy atom. The van der Waals surface area contributed by atoms with E-state index in [0.717, 1.165) is 22.5 Å². The quantitative estimate of drug-likeness (QED) is 0.914. The third-order valence-corrected chi connectivity index (χ3v) is 4.15. The average molecular weight is 310 g/mol. The number of nitrogens with zero attached hydrogens (tertiary/aromatic N) is 1. The van der Waals surface area contributed by atoms with E-state index in [-0.39, 0.29) is 18.0 Å². The number of anilines is 2. The van der Waals surface area contributed by atoms with Crippen LogP contribution in [0.25, 0.3) is 0 Å². The smallest absolute Gasteiger partial charge is 0.335 e. The van der Waals surface area contributed by atoms with Crippen molar-refractivity contribution < 1.29 is 14.7 Å². The topological polar surface area (TPSA) is 69.6 Å². The molecule has 118 valence electrons. The van der Waals surface area contributed by atoms with Crippen molar-refractivity contribution in [3.63, 3.8) is 0 Å². The van der Waals surface area contributed by atoms with Crippen LogP contribution in [0.15, 0.2) is 36.4 Å². The van der Waals surface area contributed by atoms with Gasteiger partial charge in [-0.25, -0.2) is 4.79 Å². The van der Waals surface area contributed by atoms with Crippen LogP contribution in [0.1, 0.15) is 27.0 Å². The molecule has 0 radical (unpaired) electrons. The van der Waals surface area contributed by atoms with Gasteiger partial charge in [-0.1, -0.05) is 12.1 Å². The maximum atomic E-state index is 12.3. The largest absolute Gasteiger partial charge is 0.478 e. The Labute approximate surface area is 134 Å². The van der Waals surface area contributed by atoms with E-state index in [1.54, 1.807) is 23.1 Å². The Hall–Kier alpha value is -2.82. The number of benzene rings is 2. The fraction of sp³-hybridized carbons (Fsp3) is 0.222. The molecule has 3 rings (SSSR count). The molecule has 2 aromatic carbocycles. The van der Waals surface area contributed by atoms with Crippen molar-refractivity contribution in [3.8, 4) is 0 Å². The minimum absolute atomic E-state index is 0.0264. The molecule has 0 saturated heterocycles. The molecule has 0 unspecified atom stereocenters. The van der Waals surface area contributed by atoms with Crippen molar-refractivity contribution in [2.75, 3.05) is 16.8 Å². The van der Waals surface area contributed by atoms with Crippen molar-refractivity contribution in [1.82, 2.24) is 0 Å². The predicted octanol–water partition coefficient (Wildman–Crippen LogP) is 2.96. The van der Waals surface area contributed by atoms with Gasteiger partial charge in [0.05, 0.1) is 30.0 Å². The molecule has 0 aromatic heterocycles. The van der Waals surface area contributed by atoms with Crippen LogP contribution in [0.3, 0.4) is 0 Å². The SMILES string of the molecule is Cc1cc2c(cc1C)N(Cc1cccc(C(=O)O)c1)C(=O)CN2. The van der Waals surface area contributed by atoms with Gasteiger partial charge in [-0.2, -0.15) is 0 Å². The summed E-state index contributed by atoms with van der Waals surface area (Å²) in [5.74, 6) is -0.994. The molecular weight excluding hydrogens is 292 g/mol. The van der Waals surface area contributed by atoms with Gasteiger partial charge in [0.2, 0.25) is 5.91 Å². The van der Waals surface area contributed by atoms with Crippen LogP contribution in [-0.4, -0.2) is 23.5 Å². The molecule has 1 amide bonds. The Morgan fingerprint density at radius 1 is 1.22 bits per heavy atom. The van der Waals surface area contributed by atoms with Crippen LogP contribution >= 0.6 is 0 Å². The van der Waals surface area contributed by atoms with Crippen molar-refractivity contribution in [2.45, 2.75) is 20.4 Å². The van der Waals surface area contributed by atoms with Gasteiger partial charge in [0.15, 0.2) is 0 Å². The number of carboxylic acids is 1. The van der Waals surface area contributed by atoms with E-state index in [1.807, 2.05) is 32.0 Å². The van der Waals surface area contributed by atoms with Crippen molar-refractivity contribution in [3.05, 3.63) is 58.7 Å².